The van der Waals surface area contributed by atoms with Crippen LogP contribution in [0.3, 0.4) is 0 Å². The monoisotopic (exact) mass is 475 g/mol. The molecule has 4 aromatic rings. The van der Waals surface area contributed by atoms with Crippen molar-refractivity contribution in [2.45, 2.75) is 6.92 Å². The molecule has 5 rings (SSSR count). The summed E-state index contributed by atoms with van der Waals surface area (Å²) < 4.78 is 17.3. The van der Waals surface area contributed by atoms with Gasteiger partial charge >= 0.3 is 5.91 Å². The number of hydrogen-bond acceptors (Lipinski definition) is 3. The minimum Gasteiger partial charge on any atom is -0.295 e. The van der Waals surface area contributed by atoms with Crippen LogP contribution in [0.1, 0.15) is 11.3 Å². The van der Waals surface area contributed by atoms with Gasteiger partial charge in [0.05, 0.1) is 16.9 Å². The van der Waals surface area contributed by atoms with Crippen molar-refractivity contribution in [3.05, 3.63) is 112 Å². The van der Waals surface area contributed by atoms with Gasteiger partial charge in [-0.05, 0) is 43.3 Å². The number of rotatable bonds is 4. The molecule has 0 saturated heterocycles. The molecule has 0 aliphatic carbocycles. The zero-order valence-electron chi connectivity index (χ0n) is 17.8. The highest BCUT2D eigenvalue weighted by Crippen LogP contribution is 2.34. The van der Waals surface area contributed by atoms with Gasteiger partial charge in [-0.15, -0.1) is 0 Å². The van der Waals surface area contributed by atoms with E-state index in [9.17, 15) is 18.8 Å². The highest BCUT2D eigenvalue weighted by atomic mass is 35.5. The third-order valence-electron chi connectivity index (χ3n) is 5.53. The lowest BCUT2D eigenvalue weighted by Crippen LogP contribution is -2.39. The molecule has 0 unspecified atom stereocenters. The van der Waals surface area contributed by atoms with Gasteiger partial charge in [0.1, 0.15) is 11.4 Å². The number of aryl methyl sites for hydroxylation is 1. The molecule has 0 spiro atoms. The third kappa shape index (κ3) is 3.36. The van der Waals surface area contributed by atoms with Crippen molar-refractivity contribution in [2.75, 3.05) is 4.90 Å². The van der Waals surface area contributed by atoms with Crippen LogP contribution in [0, 0.1) is 12.7 Å². The smallest absolute Gasteiger partial charge is 0.295 e. The van der Waals surface area contributed by atoms with E-state index in [-0.39, 0.29) is 22.5 Å². The van der Waals surface area contributed by atoms with Crippen LogP contribution in [0.2, 0.25) is 5.02 Å². The minimum absolute atomic E-state index is 0.0264. The van der Waals surface area contributed by atoms with Crippen LogP contribution in [0.25, 0.3) is 17.0 Å². The number of imide groups is 1. The first kappa shape index (κ1) is 21.5. The maximum Gasteiger partial charge on any atom is 0.331 e. The van der Waals surface area contributed by atoms with E-state index in [0.29, 0.717) is 16.4 Å². The summed E-state index contributed by atoms with van der Waals surface area (Å²) in [7, 11) is 0. The number of amides is 2. The van der Waals surface area contributed by atoms with E-state index < -0.39 is 23.2 Å². The first-order valence-electron chi connectivity index (χ1n) is 10.3. The van der Waals surface area contributed by atoms with Gasteiger partial charge in [-0.3, -0.25) is 19.5 Å². The maximum atomic E-state index is 14.6. The molecule has 0 saturated carbocycles. The molecule has 2 aromatic heterocycles. The van der Waals surface area contributed by atoms with Crippen LogP contribution in [-0.4, -0.2) is 21.6 Å². The fourth-order valence-electron chi connectivity index (χ4n) is 4.00. The second-order valence-corrected chi connectivity index (χ2v) is 8.07. The second kappa shape index (κ2) is 8.24. The van der Waals surface area contributed by atoms with Gasteiger partial charge in [-0.2, -0.15) is 4.57 Å². The number of hydrogen-bond donors (Lipinski definition) is 1. The number of nitrogens with zero attached hydrogens (tertiary/aromatic N) is 3. The van der Waals surface area contributed by atoms with Gasteiger partial charge in [-0.25, -0.2) is 14.0 Å². The van der Waals surface area contributed by atoms with Crippen LogP contribution in [0.5, 0.6) is 0 Å². The molecule has 0 radical (unpaired) electrons. The quantitative estimate of drug-likeness (QED) is 0.362. The Kier molecular flexibility index (Phi) is 5.22. The van der Waals surface area contributed by atoms with Crippen molar-refractivity contribution in [2.24, 2.45) is 0 Å². The molecule has 34 heavy (non-hydrogen) atoms. The number of pyridine rings is 1. The van der Waals surface area contributed by atoms with E-state index in [1.54, 1.807) is 61.8 Å². The van der Waals surface area contributed by atoms with Crippen molar-refractivity contribution >= 4 is 40.4 Å². The van der Waals surface area contributed by atoms with Gasteiger partial charge in [-0.1, -0.05) is 29.8 Å². The van der Waals surface area contributed by atoms with Crippen LogP contribution in [-0.2, 0) is 9.59 Å². The average molecular weight is 476 g/mol. The summed E-state index contributed by atoms with van der Waals surface area (Å²) in [4.78, 5) is 41.4. The summed E-state index contributed by atoms with van der Waals surface area (Å²) in [6.07, 6.45) is 3.18. The summed E-state index contributed by atoms with van der Waals surface area (Å²) >= 11 is 5.96. The summed E-state index contributed by atoms with van der Waals surface area (Å²) in [6.45, 7) is 1.63. The normalized spacial score (nSPS) is 13.8. The van der Waals surface area contributed by atoms with Crippen molar-refractivity contribution < 1.29 is 18.5 Å². The first-order chi connectivity index (χ1) is 16.4. The van der Waals surface area contributed by atoms with E-state index in [0.717, 1.165) is 11.0 Å². The molecule has 1 aliphatic rings. The van der Waals surface area contributed by atoms with Crippen molar-refractivity contribution in [3.63, 3.8) is 0 Å². The Morgan fingerprint density at radius 2 is 1.56 bits per heavy atom. The highest BCUT2D eigenvalue weighted by molar-refractivity contribution is 6.53. The maximum absolute atomic E-state index is 14.6. The molecule has 2 amide bonds. The molecule has 168 valence electrons. The predicted octanol–water partition coefficient (Wildman–Crippen LogP) is 3.50. The van der Waals surface area contributed by atoms with Crippen LogP contribution in [0.15, 0.2) is 83.9 Å². The second-order valence-electron chi connectivity index (χ2n) is 7.63. The summed E-state index contributed by atoms with van der Waals surface area (Å²) in [5.41, 5.74) is 0.0281. The lowest BCUT2D eigenvalue weighted by Gasteiger charge is -2.14. The van der Waals surface area contributed by atoms with Gasteiger partial charge < -0.3 is 0 Å². The molecular formula is C25H17ClFN4O3+. The van der Waals surface area contributed by atoms with Crippen LogP contribution in [0.4, 0.5) is 10.1 Å². The molecule has 1 aliphatic heterocycles. The van der Waals surface area contributed by atoms with Gasteiger partial charge in [0.2, 0.25) is 0 Å². The standard InChI is InChI=1S/C25H16ClFN4O3/c1-15-20(24(33)31(28-15)17-11-9-16(26)10-12-17)21-22(29-13-5-2-6-14-29)25(34)30(23(21)32)19-8-4-3-7-18(19)27/h2-14H,1H3/p+1. The third-order valence-corrected chi connectivity index (χ3v) is 5.78. The van der Waals surface area contributed by atoms with Gasteiger partial charge in [0.25, 0.3) is 17.2 Å². The lowest BCUT2D eigenvalue weighted by atomic mass is 10.1. The van der Waals surface area contributed by atoms with Crippen molar-refractivity contribution in [1.82, 2.24) is 9.78 Å². The number of aromatic amines is 1. The van der Waals surface area contributed by atoms with Crippen LogP contribution >= 0.6 is 11.6 Å². The molecular weight excluding hydrogens is 459 g/mol. The average Bonchev–Trinajstić information content (AvgIpc) is 3.26. The minimum atomic E-state index is -0.788. The largest absolute Gasteiger partial charge is 0.331 e. The highest BCUT2D eigenvalue weighted by Gasteiger charge is 2.48. The number of halogens is 2. The molecule has 0 bridgehead atoms. The fourth-order valence-corrected chi connectivity index (χ4v) is 4.12. The fraction of sp³-hybridized carbons (Fsp3) is 0.0400. The summed E-state index contributed by atoms with van der Waals surface area (Å²) in [5.74, 6) is -2.25. The Hall–Kier alpha value is -4.30. The number of carbonyl (C=O) groups is 2. The number of anilines is 1. The SMILES string of the molecule is Cc1[nH]n(-c2ccc(Cl)cc2)c(=O)c1C1=C([n+]2ccccc2)C(=O)N(c2ccccc2F)C1=O. The zero-order valence-corrected chi connectivity index (χ0v) is 18.6. The van der Waals surface area contributed by atoms with Crippen molar-refractivity contribution in [1.29, 1.82) is 0 Å². The summed E-state index contributed by atoms with van der Waals surface area (Å²) in [6, 6.07) is 17.2. The molecule has 7 nitrogen and oxygen atoms in total. The van der Waals surface area contributed by atoms with Gasteiger partial charge in [0.15, 0.2) is 12.4 Å². The predicted molar refractivity (Wildman–Crippen MR) is 125 cm³/mol. The van der Waals surface area contributed by atoms with E-state index >= 15 is 0 Å². The molecule has 3 heterocycles. The Bertz CT molecular complexity index is 1540. The molecule has 1 N–H and O–H groups in total. The number of benzene rings is 2. The Morgan fingerprint density at radius 3 is 2.24 bits per heavy atom. The van der Waals surface area contributed by atoms with Crippen molar-refractivity contribution in [3.8, 4) is 5.69 Å². The van der Waals surface area contributed by atoms with E-state index in [1.165, 1.54) is 27.4 Å². The Balaban J connectivity index is 1.75. The number of nitrogens with one attached hydrogen (secondary N) is 1. The lowest BCUT2D eigenvalue weighted by molar-refractivity contribution is -0.576. The number of para-hydroxylation sites is 1. The molecule has 2 aromatic carbocycles. The molecule has 0 fully saturated rings. The Labute approximate surface area is 197 Å². The van der Waals surface area contributed by atoms with Crippen LogP contribution < -0.4 is 15.0 Å². The van der Waals surface area contributed by atoms with E-state index in [2.05, 4.69) is 5.10 Å². The number of carbonyl (C=O) groups excluding carboxylic acids is 2. The summed E-state index contributed by atoms with van der Waals surface area (Å²) in [5, 5.41) is 3.46. The number of H-pyrrole nitrogens is 1. The zero-order chi connectivity index (χ0) is 24.0. The molecule has 9 heteroatoms. The van der Waals surface area contributed by atoms with E-state index in [4.69, 9.17) is 11.6 Å². The topological polar surface area (TPSA) is 79.1 Å². The molecule has 0 atom stereocenters. The Morgan fingerprint density at radius 1 is 0.882 bits per heavy atom. The first-order valence-corrected chi connectivity index (χ1v) is 10.7. The number of aromatic nitrogens is 3. The van der Waals surface area contributed by atoms with E-state index in [1.807, 2.05) is 0 Å². The van der Waals surface area contributed by atoms with Gasteiger partial charge in [0, 0.05) is 22.8 Å².